The Bertz CT molecular complexity index is 675. The predicted octanol–water partition coefficient (Wildman–Crippen LogP) is 5.00. The van der Waals surface area contributed by atoms with E-state index in [1.54, 1.807) is 0 Å². The number of Topliss-reactive ketones (excluding diaryl/α,β-unsaturated/α-hetero) is 1. The highest BCUT2D eigenvalue weighted by Gasteiger charge is 2.64. The highest BCUT2D eigenvalue weighted by Crippen LogP contribution is 2.66. The van der Waals surface area contributed by atoms with Crippen LogP contribution in [-0.2, 0) is 10.2 Å². The topological polar surface area (TPSA) is 17.1 Å². The zero-order valence-electron chi connectivity index (χ0n) is 14.0. The third-order valence-electron chi connectivity index (χ3n) is 6.32. The van der Waals surface area contributed by atoms with Gasteiger partial charge >= 0.3 is 0 Å². The molecule has 0 N–H and O–H groups in total. The molecule has 0 spiro atoms. The van der Waals surface area contributed by atoms with Crippen molar-refractivity contribution < 1.29 is 4.79 Å². The smallest absolute Gasteiger partial charge is 0.136 e. The van der Waals surface area contributed by atoms with E-state index in [0.29, 0.717) is 11.7 Å². The van der Waals surface area contributed by atoms with Gasteiger partial charge in [-0.25, -0.2) is 0 Å². The summed E-state index contributed by atoms with van der Waals surface area (Å²) in [6.07, 6.45) is 2.73. The molecular formula is C22H24O. The molecule has 2 aromatic carbocycles. The van der Waals surface area contributed by atoms with Gasteiger partial charge in [0.15, 0.2) is 0 Å². The molecule has 0 bridgehead atoms. The first-order valence-corrected chi connectivity index (χ1v) is 8.69. The maximum Gasteiger partial charge on any atom is 0.136 e. The van der Waals surface area contributed by atoms with Gasteiger partial charge in [-0.1, -0.05) is 74.5 Å². The summed E-state index contributed by atoms with van der Waals surface area (Å²) in [5, 5.41) is 0. The highest BCUT2D eigenvalue weighted by molar-refractivity contribution is 5.85. The van der Waals surface area contributed by atoms with Crippen LogP contribution in [0, 0.1) is 17.3 Å². The van der Waals surface area contributed by atoms with Gasteiger partial charge in [0, 0.05) is 17.8 Å². The Kier molecular flexibility index (Phi) is 3.23. The number of carbonyl (C=O) groups is 1. The Morgan fingerprint density at radius 3 is 1.91 bits per heavy atom. The fraction of sp³-hybridized carbons (Fsp3) is 0.409. The molecule has 23 heavy (non-hydrogen) atoms. The Hall–Kier alpha value is -1.89. The van der Waals surface area contributed by atoms with Crippen LogP contribution in [-0.4, -0.2) is 5.78 Å². The van der Waals surface area contributed by atoms with E-state index in [1.807, 2.05) is 0 Å². The van der Waals surface area contributed by atoms with Crippen molar-refractivity contribution in [2.75, 3.05) is 0 Å². The lowest BCUT2D eigenvalue weighted by molar-refractivity contribution is -0.147. The summed E-state index contributed by atoms with van der Waals surface area (Å²) < 4.78 is 0. The lowest BCUT2D eigenvalue weighted by Crippen LogP contribution is -2.62. The third-order valence-corrected chi connectivity index (χ3v) is 6.32. The molecule has 0 aliphatic heterocycles. The number of carbonyl (C=O) groups excluding carboxylic acids is 1. The molecule has 2 fully saturated rings. The van der Waals surface area contributed by atoms with Crippen molar-refractivity contribution in [1.82, 2.24) is 0 Å². The summed E-state index contributed by atoms with van der Waals surface area (Å²) in [6.45, 7) is 4.72. The molecule has 2 aliphatic rings. The van der Waals surface area contributed by atoms with Gasteiger partial charge in [-0.15, -0.1) is 0 Å². The van der Waals surface area contributed by atoms with E-state index in [2.05, 4.69) is 74.5 Å². The number of hydrogen-bond donors (Lipinski definition) is 0. The Morgan fingerprint density at radius 1 is 0.870 bits per heavy atom. The van der Waals surface area contributed by atoms with Crippen LogP contribution >= 0.6 is 0 Å². The summed E-state index contributed by atoms with van der Waals surface area (Å²) in [5.74, 6) is 1.12. The van der Waals surface area contributed by atoms with Gasteiger partial charge in [-0.2, -0.15) is 0 Å². The monoisotopic (exact) mass is 304 g/mol. The summed E-state index contributed by atoms with van der Waals surface area (Å²) in [5.41, 5.74) is 2.93. The molecular weight excluding hydrogens is 280 g/mol. The molecule has 118 valence electrons. The molecule has 0 radical (unpaired) electrons. The predicted molar refractivity (Wildman–Crippen MR) is 93.3 cm³/mol. The van der Waals surface area contributed by atoms with Crippen LogP contribution in [0.25, 0.3) is 0 Å². The summed E-state index contributed by atoms with van der Waals surface area (Å²) in [7, 11) is 0. The van der Waals surface area contributed by atoms with E-state index in [0.717, 1.165) is 19.3 Å². The number of ketones is 1. The zero-order chi connectivity index (χ0) is 16.1. The van der Waals surface area contributed by atoms with Gasteiger partial charge in [-0.3, -0.25) is 4.79 Å². The quantitative estimate of drug-likeness (QED) is 0.763. The van der Waals surface area contributed by atoms with Crippen molar-refractivity contribution >= 4 is 5.78 Å². The van der Waals surface area contributed by atoms with E-state index < -0.39 is 0 Å². The zero-order valence-corrected chi connectivity index (χ0v) is 14.0. The van der Waals surface area contributed by atoms with Gasteiger partial charge in [0.2, 0.25) is 0 Å². The fourth-order valence-electron chi connectivity index (χ4n) is 5.30. The van der Waals surface area contributed by atoms with Crippen molar-refractivity contribution in [2.24, 2.45) is 17.3 Å². The maximum atomic E-state index is 12.5. The summed E-state index contributed by atoms with van der Waals surface area (Å²) in [6, 6.07) is 21.7. The molecule has 4 rings (SSSR count). The van der Waals surface area contributed by atoms with Crippen LogP contribution in [0.2, 0.25) is 0 Å². The molecule has 0 unspecified atom stereocenters. The second-order valence-corrected chi connectivity index (χ2v) is 7.95. The fourth-order valence-corrected chi connectivity index (χ4v) is 5.30. The van der Waals surface area contributed by atoms with Crippen LogP contribution in [0.1, 0.15) is 44.2 Å². The van der Waals surface area contributed by atoms with Crippen LogP contribution < -0.4 is 0 Å². The van der Waals surface area contributed by atoms with Gasteiger partial charge in [0.25, 0.3) is 0 Å². The first kappa shape index (κ1) is 14.7. The summed E-state index contributed by atoms with van der Waals surface area (Å²) in [4.78, 5) is 12.5. The molecule has 1 nitrogen and oxygen atoms in total. The molecule has 0 heterocycles. The highest BCUT2D eigenvalue weighted by atomic mass is 16.1. The summed E-state index contributed by atoms with van der Waals surface area (Å²) >= 11 is 0. The van der Waals surface area contributed by atoms with Gasteiger partial charge in [0.05, 0.1) is 0 Å². The molecule has 2 saturated carbocycles. The van der Waals surface area contributed by atoms with Crippen molar-refractivity contribution in [1.29, 1.82) is 0 Å². The van der Waals surface area contributed by atoms with E-state index >= 15 is 0 Å². The lowest BCUT2D eigenvalue weighted by atomic mass is 9.39. The van der Waals surface area contributed by atoms with Crippen molar-refractivity contribution in [3.05, 3.63) is 71.8 Å². The Balaban J connectivity index is 1.90. The van der Waals surface area contributed by atoms with Crippen LogP contribution in [0.3, 0.4) is 0 Å². The van der Waals surface area contributed by atoms with Crippen molar-refractivity contribution in [2.45, 2.75) is 38.5 Å². The lowest BCUT2D eigenvalue weighted by Gasteiger charge is -2.63. The second kappa shape index (κ2) is 5.06. The minimum Gasteiger partial charge on any atom is -0.299 e. The minimum atomic E-state index is -0.00718. The normalized spacial score (nSPS) is 27.8. The first-order valence-electron chi connectivity index (χ1n) is 8.69. The number of benzene rings is 2. The van der Waals surface area contributed by atoms with E-state index in [4.69, 9.17) is 0 Å². The standard InChI is InChI=1S/C22H24O/c1-21(2)14-13-19(23)18-15-22(20(18)21,16-9-5-3-6-10-16)17-11-7-4-8-12-17/h3-12,18,20H,13-15H2,1-2H3/t18-,20+/m1/s1. The SMILES string of the molecule is CC1(C)CCC(=O)[C@H]2CC(c3ccccc3)(c3ccccc3)[C@@H]21. The molecule has 0 saturated heterocycles. The molecule has 0 aromatic heterocycles. The number of fused-ring (bicyclic) bond motifs is 1. The number of rotatable bonds is 2. The van der Waals surface area contributed by atoms with Gasteiger partial charge in [-0.05, 0) is 35.3 Å². The minimum absolute atomic E-state index is 0.00718. The molecule has 2 atom stereocenters. The van der Waals surface area contributed by atoms with Crippen LogP contribution in [0.5, 0.6) is 0 Å². The Morgan fingerprint density at radius 2 is 1.39 bits per heavy atom. The van der Waals surface area contributed by atoms with Gasteiger partial charge in [0.1, 0.15) is 5.78 Å². The van der Waals surface area contributed by atoms with E-state index in [9.17, 15) is 4.79 Å². The molecule has 2 aromatic rings. The van der Waals surface area contributed by atoms with Crippen molar-refractivity contribution in [3.63, 3.8) is 0 Å². The first-order chi connectivity index (χ1) is 11.1. The average Bonchev–Trinajstić information content (AvgIpc) is 2.53. The maximum absolute atomic E-state index is 12.5. The third kappa shape index (κ3) is 2.02. The molecule has 0 amide bonds. The van der Waals surface area contributed by atoms with Crippen LogP contribution in [0.4, 0.5) is 0 Å². The van der Waals surface area contributed by atoms with Crippen molar-refractivity contribution in [3.8, 4) is 0 Å². The number of hydrogen-bond acceptors (Lipinski definition) is 1. The van der Waals surface area contributed by atoms with Gasteiger partial charge < -0.3 is 0 Å². The van der Waals surface area contributed by atoms with Crippen LogP contribution in [0.15, 0.2) is 60.7 Å². The Labute approximate surface area is 138 Å². The molecule has 1 heteroatoms. The second-order valence-electron chi connectivity index (χ2n) is 7.95. The average molecular weight is 304 g/mol. The van der Waals surface area contributed by atoms with E-state index in [1.165, 1.54) is 11.1 Å². The van der Waals surface area contributed by atoms with E-state index in [-0.39, 0.29) is 16.7 Å². The molecule has 2 aliphatic carbocycles. The largest absolute Gasteiger partial charge is 0.299 e.